The lowest BCUT2D eigenvalue weighted by molar-refractivity contribution is -0.123. The molecule has 2 aromatic carbocycles. The van der Waals surface area contributed by atoms with Gasteiger partial charge in [-0.1, -0.05) is 24.3 Å². The van der Waals surface area contributed by atoms with E-state index >= 15 is 0 Å². The molecule has 6 nitrogen and oxygen atoms in total. The SMILES string of the molecule is Cc1ccc(C)c(NC(=O)CC2C(=O)Nc3c(-c4ccc(F)cc4)cnn32)c1. The first-order chi connectivity index (χ1) is 13.4. The third kappa shape index (κ3) is 3.26. The van der Waals surface area contributed by atoms with Crippen molar-refractivity contribution in [2.45, 2.75) is 26.3 Å². The lowest BCUT2D eigenvalue weighted by atomic mass is 10.1. The summed E-state index contributed by atoms with van der Waals surface area (Å²) in [5.74, 6) is -0.373. The van der Waals surface area contributed by atoms with Crippen LogP contribution in [-0.2, 0) is 9.59 Å². The minimum absolute atomic E-state index is 0.0310. The summed E-state index contributed by atoms with van der Waals surface area (Å²) in [5.41, 5.74) is 4.15. The molecule has 28 heavy (non-hydrogen) atoms. The molecule has 2 amide bonds. The molecule has 1 atom stereocenters. The van der Waals surface area contributed by atoms with Crippen LogP contribution >= 0.6 is 0 Å². The molecule has 2 N–H and O–H groups in total. The maximum absolute atomic E-state index is 13.2. The van der Waals surface area contributed by atoms with Gasteiger partial charge >= 0.3 is 0 Å². The Morgan fingerprint density at radius 2 is 1.96 bits per heavy atom. The van der Waals surface area contributed by atoms with Gasteiger partial charge in [-0.25, -0.2) is 9.07 Å². The molecule has 0 spiro atoms. The third-order valence-corrected chi connectivity index (χ3v) is 4.84. The van der Waals surface area contributed by atoms with Crippen LogP contribution in [0, 0.1) is 19.7 Å². The van der Waals surface area contributed by atoms with Gasteiger partial charge < -0.3 is 10.6 Å². The Balaban J connectivity index is 1.54. The topological polar surface area (TPSA) is 76.0 Å². The molecule has 1 aliphatic rings. The molecule has 0 saturated carbocycles. The van der Waals surface area contributed by atoms with E-state index in [4.69, 9.17) is 0 Å². The highest BCUT2D eigenvalue weighted by molar-refractivity contribution is 6.04. The Labute approximate surface area is 161 Å². The number of nitrogens with zero attached hydrogens (tertiary/aromatic N) is 2. The highest BCUT2D eigenvalue weighted by atomic mass is 19.1. The van der Waals surface area contributed by atoms with E-state index in [-0.39, 0.29) is 24.1 Å². The van der Waals surface area contributed by atoms with Crippen LogP contribution in [0.25, 0.3) is 11.1 Å². The van der Waals surface area contributed by atoms with E-state index in [9.17, 15) is 14.0 Å². The van der Waals surface area contributed by atoms with Crippen molar-refractivity contribution in [3.63, 3.8) is 0 Å². The average molecular weight is 378 g/mol. The van der Waals surface area contributed by atoms with Gasteiger partial charge in [0, 0.05) is 11.3 Å². The van der Waals surface area contributed by atoms with Crippen molar-refractivity contribution >= 4 is 23.3 Å². The highest BCUT2D eigenvalue weighted by Crippen LogP contribution is 2.35. The molecule has 1 unspecified atom stereocenters. The maximum atomic E-state index is 13.2. The summed E-state index contributed by atoms with van der Waals surface area (Å²) in [6.45, 7) is 3.87. The molecule has 0 saturated heterocycles. The second-order valence-corrected chi connectivity index (χ2v) is 6.93. The molecule has 1 aliphatic heterocycles. The van der Waals surface area contributed by atoms with Gasteiger partial charge in [-0.2, -0.15) is 5.10 Å². The first kappa shape index (κ1) is 17.9. The van der Waals surface area contributed by atoms with Gasteiger partial charge in [-0.05, 0) is 48.7 Å². The Morgan fingerprint density at radius 1 is 1.21 bits per heavy atom. The fraction of sp³-hybridized carbons (Fsp3) is 0.190. The zero-order valence-corrected chi connectivity index (χ0v) is 15.5. The molecule has 0 bridgehead atoms. The predicted molar refractivity (Wildman–Crippen MR) is 104 cm³/mol. The Morgan fingerprint density at radius 3 is 2.71 bits per heavy atom. The van der Waals surface area contributed by atoms with Crippen LogP contribution in [0.5, 0.6) is 0 Å². The minimum Gasteiger partial charge on any atom is -0.326 e. The van der Waals surface area contributed by atoms with Crippen molar-refractivity contribution in [3.05, 3.63) is 65.6 Å². The van der Waals surface area contributed by atoms with Crippen LogP contribution in [0.15, 0.2) is 48.7 Å². The van der Waals surface area contributed by atoms with E-state index in [1.807, 2.05) is 32.0 Å². The lowest BCUT2D eigenvalue weighted by Gasteiger charge is -2.12. The van der Waals surface area contributed by atoms with Crippen molar-refractivity contribution < 1.29 is 14.0 Å². The molecule has 1 aromatic heterocycles. The second-order valence-electron chi connectivity index (χ2n) is 6.93. The second kappa shape index (κ2) is 6.92. The number of benzene rings is 2. The molecule has 0 radical (unpaired) electrons. The number of amides is 2. The molecule has 2 heterocycles. The van der Waals surface area contributed by atoms with Crippen LogP contribution in [0.2, 0.25) is 0 Å². The number of carbonyl (C=O) groups is 2. The molecule has 0 fully saturated rings. The van der Waals surface area contributed by atoms with Gasteiger partial charge in [0.25, 0.3) is 5.91 Å². The number of aromatic nitrogens is 2. The van der Waals surface area contributed by atoms with Crippen LogP contribution < -0.4 is 10.6 Å². The van der Waals surface area contributed by atoms with Gasteiger partial charge in [0.05, 0.1) is 12.6 Å². The van der Waals surface area contributed by atoms with Crippen LogP contribution in [0.4, 0.5) is 15.9 Å². The summed E-state index contributed by atoms with van der Waals surface area (Å²) in [7, 11) is 0. The normalized spacial score (nSPS) is 15.2. The number of halogens is 1. The number of hydrogen-bond donors (Lipinski definition) is 2. The van der Waals surface area contributed by atoms with Gasteiger partial charge in [0.15, 0.2) is 0 Å². The monoisotopic (exact) mass is 378 g/mol. The molecule has 142 valence electrons. The zero-order valence-electron chi connectivity index (χ0n) is 15.5. The standard InChI is InChI=1S/C21H19FN4O2/c1-12-3-4-13(2)17(9-12)24-19(27)10-18-21(28)25-20-16(11-23-26(18)20)14-5-7-15(22)8-6-14/h3-9,11,18H,10H2,1-2H3,(H,24,27)(H,25,28). The Hall–Kier alpha value is -3.48. The molecule has 0 aliphatic carbocycles. The third-order valence-electron chi connectivity index (χ3n) is 4.84. The zero-order chi connectivity index (χ0) is 19.8. The van der Waals surface area contributed by atoms with Crippen molar-refractivity contribution in [2.75, 3.05) is 10.6 Å². The molecule has 7 heteroatoms. The Bertz CT molecular complexity index is 1070. The van der Waals surface area contributed by atoms with Crippen molar-refractivity contribution in [3.8, 4) is 11.1 Å². The largest absolute Gasteiger partial charge is 0.326 e. The van der Waals surface area contributed by atoms with Crippen LogP contribution in [-0.4, -0.2) is 21.6 Å². The summed E-state index contributed by atoms with van der Waals surface area (Å²) in [6, 6.07) is 11.0. The summed E-state index contributed by atoms with van der Waals surface area (Å²) < 4.78 is 14.7. The molecular weight excluding hydrogens is 359 g/mol. The number of hydrogen-bond acceptors (Lipinski definition) is 3. The van der Waals surface area contributed by atoms with Crippen molar-refractivity contribution in [2.24, 2.45) is 0 Å². The van der Waals surface area contributed by atoms with Crippen LogP contribution in [0.1, 0.15) is 23.6 Å². The number of nitrogens with one attached hydrogen (secondary N) is 2. The van der Waals surface area contributed by atoms with E-state index in [1.54, 1.807) is 18.3 Å². The number of rotatable bonds is 4. The summed E-state index contributed by atoms with van der Waals surface area (Å²) in [6.07, 6.45) is 1.58. The minimum atomic E-state index is -0.727. The van der Waals surface area contributed by atoms with Gasteiger partial charge in [0.2, 0.25) is 5.91 Å². The molecule has 3 aromatic rings. The first-order valence-corrected chi connectivity index (χ1v) is 8.94. The average Bonchev–Trinajstić information content (AvgIpc) is 3.19. The lowest BCUT2D eigenvalue weighted by Crippen LogP contribution is -2.23. The van der Waals surface area contributed by atoms with Crippen molar-refractivity contribution in [1.29, 1.82) is 0 Å². The fourth-order valence-electron chi connectivity index (χ4n) is 3.30. The van der Waals surface area contributed by atoms with Gasteiger partial charge in [-0.15, -0.1) is 0 Å². The van der Waals surface area contributed by atoms with E-state index in [1.165, 1.54) is 16.8 Å². The van der Waals surface area contributed by atoms with E-state index in [2.05, 4.69) is 15.7 Å². The number of carbonyl (C=O) groups excluding carboxylic acids is 2. The number of anilines is 2. The molecular formula is C21H19FN4O2. The van der Waals surface area contributed by atoms with E-state index in [0.29, 0.717) is 11.4 Å². The summed E-state index contributed by atoms with van der Waals surface area (Å²) in [5, 5.41) is 9.94. The smallest absolute Gasteiger partial charge is 0.251 e. The quantitative estimate of drug-likeness (QED) is 0.724. The summed E-state index contributed by atoms with van der Waals surface area (Å²) >= 11 is 0. The van der Waals surface area contributed by atoms with E-state index < -0.39 is 6.04 Å². The highest BCUT2D eigenvalue weighted by Gasteiger charge is 2.35. The number of fused-ring (bicyclic) bond motifs is 1. The van der Waals surface area contributed by atoms with E-state index in [0.717, 1.165) is 22.4 Å². The number of aryl methyl sites for hydroxylation is 2. The first-order valence-electron chi connectivity index (χ1n) is 8.94. The maximum Gasteiger partial charge on any atom is 0.251 e. The van der Waals surface area contributed by atoms with Gasteiger partial charge in [-0.3, -0.25) is 9.59 Å². The van der Waals surface area contributed by atoms with Crippen LogP contribution in [0.3, 0.4) is 0 Å². The summed E-state index contributed by atoms with van der Waals surface area (Å²) in [4.78, 5) is 25.0. The predicted octanol–water partition coefficient (Wildman–Crippen LogP) is 3.83. The molecule has 4 rings (SSSR count). The van der Waals surface area contributed by atoms with Crippen molar-refractivity contribution in [1.82, 2.24) is 9.78 Å². The van der Waals surface area contributed by atoms with Gasteiger partial charge in [0.1, 0.15) is 17.7 Å². The fourth-order valence-corrected chi connectivity index (χ4v) is 3.30. The Kier molecular flexibility index (Phi) is 4.43.